The molecule has 0 bridgehead atoms. The van der Waals surface area contributed by atoms with Gasteiger partial charge in [0.15, 0.2) is 0 Å². The topological polar surface area (TPSA) is 0 Å². The molecule has 1 aromatic carbocycles. The Morgan fingerprint density at radius 2 is 1.94 bits per heavy atom. The minimum absolute atomic E-state index is 1.11. The van der Waals surface area contributed by atoms with Gasteiger partial charge in [0.05, 0.1) is 0 Å². The molecule has 16 heavy (non-hydrogen) atoms. The van der Waals surface area contributed by atoms with Gasteiger partial charge in [0, 0.05) is 5.57 Å². The van der Waals surface area contributed by atoms with Crippen LogP contribution in [0.4, 0.5) is 0 Å². The number of hydrogen-bond donors (Lipinski definition) is 0. The molecule has 0 nitrogen and oxygen atoms in total. The Hall–Kier alpha value is -1.26. The quantitative estimate of drug-likeness (QED) is 0.454. The summed E-state index contributed by atoms with van der Waals surface area (Å²) in [5.74, 6) is 0. The molecule has 0 amide bonds. The third-order valence-electron chi connectivity index (χ3n) is 2.96. The van der Waals surface area contributed by atoms with Crippen molar-refractivity contribution in [1.82, 2.24) is 0 Å². The van der Waals surface area contributed by atoms with Crippen molar-refractivity contribution in [2.75, 3.05) is 0 Å². The number of benzene rings is 1. The van der Waals surface area contributed by atoms with Crippen LogP contribution in [0.2, 0.25) is 0 Å². The van der Waals surface area contributed by atoms with E-state index in [2.05, 4.69) is 50.4 Å². The van der Waals surface area contributed by atoms with Gasteiger partial charge in [-0.15, -0.1) is 5.73 Å². The highest BCUT2D eigenvalue weighted by molar-refractivity contribution is 5.67. The lowest BCUT2D eigenvalue weighted by molar-refractivity contribution is 0.678. The van der Waals surface area contributed by atoms with Crippen LogP contribution in [-0.4, -0.2) is 0 Å². The summed E-state index contributed by atoms with van der Waals surface area (Å²) >= 11 is 0. The smallest absolute Gasteiger partial charge is 0.000846 e. The first kappa shape index (κ1) is 12.8. The molecule has 0 saturated heterocycles. The van der Waals surface area contributed by atoms with Gasteiger partial charge in [0.25, 0.3) is 0 Å². The Labute approximate surface area is 99.7 Å². The van der Waals surface area contributed by atoms with Crippen LogP contribution in [0, 0.1) is 6.92 Å². The number of hydrogen-bond acceptors (Lipinski definition) is 0. The lowest BCUT2D eigenvalue weighted by Crippen LogP contribution is -1.88. The zero-order valence-corrected chi connectivity index (χ0v) is 10.6. The first-order valence-electron chi connectivity index (χ1n) is 6.24. The average Bonchev–Trinajstić information content (AvgIpc) is 2.31. The summed E-state index contributed by atoms with van der Waals surface area (Å²) in [5, 5.41) is 0. The van der Waals surface area contributed by atoms with E-state index in [-0.39, 0.29) is 0 Å². The van der Waals surface area contributed by atoms with Gasteiger partial charge in [-0.05, 0) is 30.9 Å². The molecule has 1 rings (SSSR count). The Morgan fingerprint density at radius 3 is 2.56 bits per heavy atom. The molecule has 0 spiro atoms. The first-order chi connectivity index (χ1) is 7.79. The van der Waals surface area contributed by atoms with E-state index >= 15 is 0 Å². The molecule has 0 aliphatic heterocycles. The van der Waals surface area contributed by atoms with Gasteiger partial charge in [-0.1, -0.05) is 57.0 Å². The zero-order chi connectivity index (χ0) is 11.8. The molecular formula is C16H22. The van der Waals surface area contributed by atoms with Crippen LogP contribution in [-0.2, 0) is 0 Å². The molecular weight excluding hydrogens is 192 g/mol. The van der Waals surface area contributed by atoms with Crippen LogP contribution in [0.1, 0.15) is 50.2 Å². The minimum atomic E-state index is 1.11. The molecule has 0 aliphatic rings. The van der Waals surface area contributed by atoms with Crippen LogP contribution in [0.25, 0.3) is 5.57 Å². The summed E-state index contributed by atoms with van der Waals surface area (Å²) in [6.07, 6.45) is 6.29. The monoisotopic (exact) mass is 214 g/mol. The second-order valence-corrected chi connectivity index (χ2v) is 4.28. The molecule has 0 atom stereocenters. The van der Waals surface area contributed by atoms with Gasteiger partial charge in [-0.2, -0.15) is 0 Å². The molecule has 0 unspecified atom stereocenters. The molecule has 0 fully saturated rings. The molecule has 0 aromatic heterocycles. The van der Waals surface area contributed by atoms with Gasteiger partial charge in [0.2, 0.25) is 0 Å². The fraction of sp³-hybridized carbons (Fsp3) is 0.438. The highest BCUT2D eigenvalue weighted by atomic mass is 14.1. The first-order valence-corrected chi connectivity index (χ1v) is 6.24. The van der Waals surface area contributed by atoms with Crippen LogP contribution in [0.5, 0.6) is 0 Å². The second-order valence-electron chi connectivity index (χ2n) is 4.28. The van der Waals surface area contributed by atoms with E-state index in [1.165, 1.54) is 42.4 Å². The Bertz CT molecular complexity index is 367. The number of unbranched alkanes of at least 4 members (excludes halogenated alkanes) is 3. The minimum Gasteiger partial charge on any atom is -0.125 e. The van der Waals surface area contributed by atoms with Crippen molar-refractivity contribution in [2.45, 2.75) is 46.0 Å². The predicted octanol–water partition coefficient (Wildman–Crippen LogP) is 5.13. The molecule has 0 heteroatoms. The summed E-state index contributed by atoms with van der Waals surface area (Å²) in [6.45, 7) is 8.21. The SMILES string of the molecule is C=C=C(CCCCCC)c1ccccc1C. The van der Waals surface area contributed by atoms with Gasteiger partial charge in [-0.25, -0.2) is 0 Å². The lowest BCUT2D eigenvalue weighted by atomic mass is 9.96. The average molecular weight is 214 g/mol. The summed E-state index contributed by atoms with van der Waals surface area (Å²) in [6, 6.07) is 8.49. The van der Waals surface area contributed by atoms with E-state index in [0.717, 1.165) is 6.42 Å². The number of aryl methyl sites for hydroxylation is 1. The van der Waals surface area contributed by atoms with E-state index in [1.54, 1.807) is 0 Å². The normalized spacial score (nSPS) is 9.88. The van der Waals surface area contributed by atoms with Gasteiger partial charge >= 0.3 is 0 Å². The Morgan fingerprint density at radius 1 is 1.19 bits per heavy atom. The summed E-state index contributed by atoms with van der Waals surface area (Å²) in [7, 11) is 0. The molecule has 0 radical (unpaired) electrons. The maximum atomic E-state index is 3.82. The van der Waals surface area contributed by atoms with Crippen molar-refractivity contribution < 1.29 is 0 Å². The summed E-state index contributed by atoms with van der Waals surface area (Å²) in [4.78, 5) is 0. The maximum absolute atomic E-state index is 3.82. The van der Waals surface area contributed by atoms with E-state index in [0.29, 0.717) is 0 Å². The van der Waals surface area contributed by atoms with E-state index in [1.807, 2.05) is 0 Å². The van der Waals surface area contributed by atoms with Crippen molar-refractivity contribution in [3.05, 3.63) is 47.7 Å². The molecule has 1 aromatic rings. The fourth-order valence-electron chi connectivity index (χ4n) is 1.96. The molecule has 0 N–H and O–H groups in total. The zero-order valence-electron chi connectivity index (χ0n) is 10.6. The van der Waals surface area contributed by atoms with Crippen LogP contribution < -0.4 is 0 Å². The third-order valence-corrected chi connectivity index (χ3v) is 2.96. The molecule has 0 heterocycles. The fourth-order valence-corrected chi connectivity index (χ4v) is 1.96. The van der Waals surface area contributed by atoms with Crippen LogP contribution >= 0.6 is 0 Å². The van der Waals surface area contributed by atoms with Crippen LogP contribution in [0.3, 0.4) is 0 Å². The van der Waals surface area contributed by atoms with Gasteiger partial charge < -0.3 is 0 Å². The highest BCUT2D eigenvalue weighted by Gasteiger charge is 2.03. The molecule has 86 valence electrons. The lowest BCUT2D eigenvalue weighted by Gasteiger charge is -2.08. The Kier molecular flexibility index (Phi) is 5.67. The van der Waals surface area contributed by atoms with Crippen molar-refractivity contribution >= 4 is 5.57 Å². The van der Waals surface area contributed by atoms with Crippen molar-refractivity contribution in [2.24, 2.45) is 0 Å². The molecule has 0 saturated carbocycles. The predicted molar refractivity (Wildman–Crippen MR) is 72.5 cm³/mol. The summed E-state index contributed by atoms with van der Waals surface area (Å²) in [5.41, 5.74) is 7.01. The van der Waals surface area contributed by atoms with Crippen molar-refractivity contribution in [1.29, 1.82) is 0 Å². The second kappa shape index (κ2) is 7.09. The van der Waals surface area contributed by atoms with E-state index in [9.17, 15) is 0 Å². The van der Waals surface area contributed by atoms with Crippen molar-refractivity contribution in [3.8, 4) is 0 Å². The van der Waals surface area contributed by atoms with Crippen molar-refractivity contribution in [3.63, 3.8) is 0 Å². The summed E-state index contributed by atoms with van der Waals surface area (Å²) < 4.78 is 0. The largest absolute Gasteiger partial charge is 0.125 e. The van der Waals surface area contributed by atoms with Gasteiger partial charge in [-0.3, -0.25) is 0 Å². The Balaban J connectivity index is 2.63. The van der Waals surface area contributed by atoms with Gasteiger partial charge in [0.1, 0.15) is 0 Å². The van der Waals surface area contributed by atoms with Crippen LogP contribution in [0.15, 0.2) is 36.6 Å². The highest BCUT2D eigenvalue weighted by Crippen LogP contribution is 2.23. The van der Waals surface area contributed by atoms with E-state index < -0.39 is 0 Å². The van der Waals surface area contributed by atoms with E-state index in [4.69, 9.17) is 0 Å². The maximum Gasteiger partial charge on any atom is 0.000846 e. The number of allylic oxidation sites excluding steroid dienone is 1. The third kappa shape index (κ3) is 3.72. The number of rotatable bonds is 6. The standard InChI is InChI=1S/C16H22/c1-4-6-7-8-12-15(5-2)16-13-10-9-11-14(16)3/h9-11,13H,2,4,6-8,12H2,1,3H3. The molecule has 0 aliphatic carbocycles.